The molecular formula is C134H132N4O2Si4. The molecule has 10 heteroatoms. The first-order valence-corrected chi connectivity index (χ1v) is 65.8. The molecular weight excluding hydrogens is 1810 g/mol. The van der Waals surface area contributed by atoms with E-state index in [-0.39, 0.29) is 32.5 Å². The minimum atomic E-state index is -1.52. The van der Waals surface area contributed by atoms with Crippen LogP contribution < -0.4 is 40.3 Å². The first-order valence-electron chi connectivity index (χ1n) is 51.8. The van der Waals surface area contributed by atoms with Crippen molar-refractivity contribution >= 4 is 121 Å². The van der Waals surface area contributed by atoms with Crippen LogP contribution in [-0.2, 0) is 32.5 Å². The van der Waals surface area contributed by atoms with Crippen LogP contribution in [0.1, 0.15) is 150 Å². The molecule has 0 saturated carbocycles. The molecule has 0 radical (unpaired) electrons. The average Bonchev–Trinajstić information content (AvgIpc) is 1.51. The summed E-state index contributed by atoms with van der Waals surface area (Å²) < 4.78 is 14.6. The fourth-order valence-corrected chi connectivity index (χ4v) is 29.7. The quantitative estimate of drug-likeness (QED) is 0.0798. The van der Waals surface area contributed by atoms with Crippen LogP contribution in [0, 0.1) is 0 Å². The van der Waals surface area contributed by atoms with Crippen LogP contribution in [0.15, 0.2) is 373 Å². The predicted molar refractivity (Wildman–Crippen MR) is 624 cm³/mol. The Labute approximate surface area is 857 Å². The van der Waals surface area contributed by atoms with Gasteiger partial charge >= 0.3 is 0 Å². The number of fused-ring (bicyclic) bond motifs is 20. The zero-order valence-corrected chi connectivity index (χ0v) is 92.2. The number of nitrogens with zero attached hydrogens (tertiary/aromatic N) is 4. The molecule has 0 aliphatic heterocycles. The van der Waals surface area contributed by atoms with E-state index < -0.39 is 32.3 Å². The van der Waals surface area contributed by atoms with Crippen LogP contribution in [0.5, 0.6) is 0 Å². The largest absolute Gasteiger partial charge is 0.455 e. The number of benzene rings is 16. The van der Waals surface area contributed by atoms with Crippen molar-refractivity contribution in [1.82, 2.24) is 0 Å². The molecule has 6 aliphatic carbocycles. The van der Waals surface area contributed by atoms with Gasteiger partial charge in [0.15, 0.2) is 0 Å². The summed E-state index contributed by atoms with van der Waals surface area (Å²) in [6, 6.07) is 137. The average molecular weight is 1940 g/mol. The number of anilines is 12. The van der Waals surface area contributed by atoms with E-state index in [0.29, 0.717) is 0 Å². The van der Waals surface area contributed by atoms with Gasteiger partial charge < -0.3 is 28.4 Å². The molecule has 716 valence electrons. The zero-order chi connectivity index (χ0) is 101. The number of furan rings is 2. The molecule has 2 aromatic heterocycles. The Hall–Kier alpha value is -13.9. The Kier molecular flexibility index (Phi) is 21.7. The van der Waals surface area contributed by atoms with Crippen LogP contribution in [0.25, 0.3) is 89.8 Å². The van der Waals surface area contributed by atoms with Crippen LogP contribution >= 0.6 is 0 Å². The van der Waals surface area contributed by atoms with Crippen molar-refractivity contribution in [1.29, 1.82) is 0 Å². The van der Waals surface area contributed by atoms with Crippen LogP contribution in [0.2, 0.25) is 78.6 Å². The van der Waals surface area contributed by atoms with Gasteiger partial charge in [-0.2, -0.15) is 0 Å². The molecule has 0 saturated heterocycles. The highest BCUT2D eigenvalue weighted by atomic mass is 28.3. The minimum absolute atomic E-state index is 0.113. The summed E-state index contributed by atoms with van der Waals surface area (Å²) in [6.45, 7) is 57.9. The van der Waals surface area contributed by atoms with Crippen LogP contribution in [-0.4, -0.2) is 32.3 Å². The van der Waals surface area contributed by atoms with Crippen molar-refractivity contribution in [3.63, 3.8) is 0 Å². The molecule has 18 aromatic rings. The molecule has 0 bridgehead atoms. The molecule has 0 spiro atoms. The van der Waals surface area contributed by atoms with Crippen molar-refractivity contribution in [3.8, 4) is 89.8 Å². The van der Waals surface area contributed by atoms with E-state index in [1.165, 1.54) is 177 Å². The van der Waals surface area contributed by atoms with E-state index in [0.717, 1.165) is 68.5 Å². The maximum Gasteiger partial charge on any atom is 0.139 e. The second-order valence-electron chi connectivity index (χ2n) is 48.5. The maximum atomic E-state index is 7.31. The first-order chi connectivity index (χ1) is 68.5. The van der Waals surface area contributed by atoms with E-state index in [2.05, 4.69) is 545 Å². The fourth-order valence-electron chi connectivity index (χ4n) is 25.0. The van der Waals surface area contributed by atoms with Gasteiger partial charge in [-0.15, -0.1) is 0 Å². The lowest BCUT2D eigenvalue weighted by Gasteiger charge is -2.31. The van der Waals surface area contributed by atoms with E-state index in [1.54, 1.807) is 0 Å². The third-order valence-electron chi connectivity index (χ3n) is 33.1. The monoisotopic (exact) mass is 1940 g/mol. The Morgan fingerprint density at radius 1 is 0.167 bits per heavy atom. The number of hydrogen-bond acceptors (Lipinski definition) is 6. The summed E-state index contributed by atoms with van der Waals surface area (Å²) in [5.74, 6) is 4.04. The Bertz CT molecular complexity index is 7730. The number of hydrogen-bond donors (Lipinski definition) is 0. The van der Waals surface area contributed by atoms with Gasteiger partial charge in [-0.1, -0.05) is 389 Å². The van der Waals surface area contributed by atoms with E-state index in [4.69, 9.17) is 8.83 Å². The van der Waals surface area contributed by atoms with Crippen molar-refractivity contribution in [2.45, 2.75) is 194 Å². The Balaban J connectivity index is 0.000000160. The van der Waals surface area contributed by atoms with Gasteiger partial charge in [0.1, 0.15) is 23.0 Å². The van der Waals surface area contributed by atoms with E-state index >= 15 is 0 Å². The first kappa shape index (κ1) is 93.8. The molecule has 0 amide bonds. The highest BCUT2D eigenvalue weighted by molar-refractivity contribution is 6.90. The molecule has 0 unspecified atom stereocenters. The van der Waals surface area contributed by atoms with E-state index in [1.807, 2.05) is 0 Å². The smallest absolute Gasteiger partial charge is 0.139 e. The van der Waals surface area contributed by atoms with Crippen molar-refractivity contribution in [2.75, 3.05) is 19.6 Å². The van der Waals surface area contributed by atoms with Crippen molar-refractivity contribution in [2.24, 2.45) is 0 Å². The zero-order valence-electron chi connectivity index (χ0n) is 88.2. The Morgan fingerprint density at radius 3 is 0.618 bits per heavy atom. The van der Waals surface area contributed by atoms with Gasteiger partial charge in [0.05, 0.1) is 43.7 Å². The minimum Gasteiger partial charge on any atom is -0.455 e. The summed E-state index contributed by atoms with van der Waals surface area (Å²) in [6.07, 6.45) is 0. The Morgan fingerprint density at radius 2 is 0.361 bits per heavy atom. The highest BCUT2D eigenvalue weighted by Gasteiger charge is 2.53. The molecule has 16 aromatic carbocycles. The molecule has 24 rings (SSSR count). The summed E-state index contributed by atoms with van der Waals surface area (Å²) in [4.78, 5) is 9.89. The predicted octanol–water partition coefficient (Wildman–Crippen LogP) is 35.8. The molecule has 6 aliphatic rings. The second kappa shape index (κ2) is 33.4. The molecule has 0 fully saturated rings. The van der Waals surface area contributed by atoms with Gasteiger partial charge in [0.2, 0.25) is 0 Å². The van der Waals surface area contributed by atoms with E-state index in [9.17, 15) is 0 Å². The van der Waals surface area contributed by atoms with Gasteiger partial charge in [0.25, 0.3) is 0 Å². The van der Waals surface area contributed by atoms with Crippen molar-refractivity contribution in [3.05, 3.63) is 431 Å². The standard InChI is InChI=1S/C70H70N2OSi2.C64H62N2OSi2/c1-67(2)57-21-17-15-19-51(57)53-35-27-45(39-59(53)67)71(43-23-31-49(32-24-43)74(9,10)11)47-29-37-55-61(41-47)69(5,6)63-64-66(73-65(55)63)56-38-30-48(42-62(56)70(64,7)8)72(44-25-33-50(34-26-44)75(12,13)14)46-28-36-54-52-20-16-18-22-58(52)68(3,4)60(54)40-46;1-63(2)55-41-47(65(45-29-35-49(36-30-45)68(5,6)7)57-27-19-17-25-51(57)43-21-13-11-14-22-43)33-39-53(55)61-59(63)60-62(67-61)54-40-34-48(42-56(54)64(60,3)4)66(46-31-37-50(38-32-46)69(8,9)10)58-28-20-18-26-52(58)44-23-15-12-16-24-44/h15-42H,1-14H3;11-42H,1-10H3. The van der Waals surface area contributed by atoms with Crippen LogP contribution in [0.3, 0.4) is 0 Å². The van der Waals surface area contributed by atoms with Crippen LogP contribution in [0.4, 0.5) is 68.2 Å². The molecule has 0 atom stereocenters. The van der Waals surface area contributed by atoms with Gasteiger partial charge in [-0.3, -0.25) is 0 Å². The number of para-hydroxylation sites is 2. The molecule has 0 N–H and O–H groups in total. The van der Waals surface area contributed by atoms with Gasteiger partial charge in [-0.05, 0) is 236 Å². The highest BCUT2D eigenvalue weighted by Crippen LogP contribution is 2.66. The topological polar surface area (TPSA) is 39.2 Å². The van der Waals surface area contributed by atoms with Gasteiger partial charge in [0, 0.05) is 145 Å². The molecule has 6 nitrogen and oxygen atoms in total. The normalized spacial score (nSPS) is 15.3. The SMILES string of the molecule is CC1(C)c2cc(N(c3ccc([Si](C)(C)C)cc3)c3ccccc3-c3ccccc3)ccc2-c2oc3c(c21)C(C)(C)c1cc(N(c2ccc([Si](C)(C)C)cc2)c2ccccc2-c2ccccc2)ccc1-3.CC1(C)c2ccccc2-c2ccc(N(c3ccc([Si](C)(C)C)cc3)c3ccc4c(c3)C(C)(C)c3c-4oc4c3C(C)(C)c3cc(N(c5ccc([Si](C)(C)C)cc5)c5ccc6c(c5)C(C)(C)c5ccccc5-6)ccc3-4)cc21. The lowest BCUT2D eigenvalue weighted by Crippen LogP contribution is -2.37. The second-order valence-corrected chi connectivity index (χ2v) is 68.8. The fraction of sp³-hybridized carbons (Fsp3) is 0.224. The summed E-state index contributed by atoms with van der Waals surface area (Å²) in [7, 11) is -6.07. The summed E-state index contributed by atoms with van der Waals surface area (Å²) in [5, 5.41) is 5.83. The maximum absolute atomic E-state index is 7.31. The third kappa shape index (κ3) is 15.0. The lowest BCUT2D eigenvalue weighted by atomic mass is 9.74. The number of rotatable bonds is 18. The lowest BCUT2D eigenvalue weighted by molar-refractivity contribution is 0.592. The summed E-state index contributed by atoms with van der Waals surface area (Å²) in [5.41, 5.74) is 43.1. The van der Waals surface area contributed by atoms with Crippen molar-refractivity contribution < 1.29 is 8.83 Å². The van der Waals surface area contributed by atoms with Gasteiger partial charge in [-0.25, -0.2) is 0 Å². The molecule has 2 heterocycles. The summed E-state index contributed by atoms with van der Waals surface area (Å²) >= 11 is 0. The molecule has 144 heavy (non-hydrogen) atoms. The third-order valence-corrected chi connectivity index (χ3v) is 41.4.